The lowest BCUT2D eigenvalue weighted by Gasteiger charge is -2.19. The quantitative estimate of drug-likeness (QED) is 0.624. The third kappa shape index (κ3) is 6.34. The van der Waals surface area contributed by atoms with Crippen molar-refractivity contribution in [3.63, 3.8) is 0 Å². The number of benzene rings is 1. The van der Waals surface area contributed by atoms with Gasteiger partial charge in [0.2, 0.25) is 15.9 Å². The molecule has 0 aliphatic heterocycles. The number of nitrogens with one attached hydrogen (secondary N) is 1. The van der Waals surface area contributed by atoms with Gasteiger partial charge in [-0.2, -0.15) is 4.31 Å². The van der Waals surface area contributed by atoms with E-state index in [4.69, 9.17) is 14.2 Å². The Morgan fingerprint density at radius 3 is 2.46 bits per heavy atom. The molecule has 0 bridgehead atoms. The van der Waals surface area contributed by atoms with E-state index in [2.05, 4.69) is 5.32 Å². The molecule has 1 amide bonds. The van der Waals surface area contributed by atoms with E-state index in [1.807, 2.05) is 0 Å². The van der Waals surface area contributed by atoms with Gasteiger partial charge in [0.25, 0.3) is 0 Å². The molecule has 1 N–H and O–H groups in total. The third-order valence-corrected chi connectivity index (χ3v) is 4.48. The average Bonchev–Trinajstić information content (AvgIpc) is 2.53. The summed E-state index contributed by atoms with van der Waals surface area (Å²) < 4.78 is 39.9. The SMILES string of the molecule is COCCCN(CC(=O)Nc1ccc(OC)cc1OC)S(C)(=O)=O. The Morgan fingerprint density at radius 2 is 1.92 bits per heavy atom. The van der Waals surface area contributed by atoms with Gasteiger partial charge < -0.3 is 19.5 Å². The molecule has 0 radical (unpaired) electrons. The summed E-state index contributed by atoms with van der Waals surface area (Å²) in [6.45, 7) is 0.345. The molecule has 136 valence electrons. The van der Waals surface area contributed by atoms with Crippen LogP contribution in [-0.2, 0) is 19.6 Å². The zero-order chi connectivity index (χ0) is 18.2. The molecule has 9 heteroatoms. The summed E-state index contributed by atoms with van der Waals surface area (Å²) in [5, 5.41) is 2.65. The first-order chi connectivity index (χ1) is 11.3. The molecule has 1 aromatic rings. The number of nitrogens with zero attached hydrogens (tertiary/aromatic N) is 1. The van der Waals surface area contributed by atoms with E-state index in [0.29, 0.717) is 30.2 Å². The van der Waals surface area contributed by atoms with Crippen LogP contribution < -0.4 is 14.8 Å². The van der Waals surface area contributed by atoms with Crippen molar-refractivity contribution in [2.24, 2.45) is 0 Å². The van der Waals surface area contributed by atoms with E-state index < -0.39 is 15.9 Å². The summed E-state index contributed by atoms with van der Waals surface area (Å²) in [6, 6.07) is 4.93. The zero-order valence-electron chi connectivity index (χ0n) is 14.4. The second-order valence-corrected chi connectivity index (χ2v) is 7.04. The van der Waals surface area contributed by atoms with E-state index in [-0.39, 0.29) is 13.1 Å². The number of hydrogen-bond donors (Lipinski definition) is 1. The molecule has 0 unspecified atom stereocenters. The van der Waals surface area contributed by atoms with Gasteiger partial charge >= 0.3 is 0 Å². The molecule has 8 nitrogen and oxygen atoms in total. The Balaban J connectivity index is 2.78. The maximum Gasteiger partial charge on any atom is 0.239 e. The third-order valence-electron chi connectivity index (χ3n) is 3.23. The van der Waals surface area contributed by atoms with Crippen molar-refractivity contribution >= 4 is 21.6 Å². The molecule has 0 aliphatic rings. The van der Waals surface area contributed by atoms with E-state index in [1.165, 1.54) is 21.3 Å². The van der Waals surface area contributed by atoms with Crippen molar-refractivity contribution in [2.45, 2.75) is 6.42 Å². The molecule has 0 spiro atoms. The molecular weight excluding hydrogens is 336 g/mol. The summed E-state index contributed by atoms with van der Waals surface area (Å²) in [5.41, 5.74) is 0.439. The van der Waals surface area contributed by atoms with Crippen LogP contribution in [0.3, 0.4) is 0 Å². The Hall–Kier alpha value is -1.84. The van der Waals surface area contributed by atoms with Crippen LogP contribution in [0.25, 0.3) is 0 Å². The lowest BCUT2D eigenvalue weighted by molar-refractivity contribution is -0.116. The summed E-state index contributed by atoms with van der Waals surface area (Å²) in [7, 11) is 1.04. The van der Waals surface area contributed by atoms with Crippen LogP contribution in [0.1, 0.15) is 6.42 Å². The Labute approximate surface area is 142 Å². The number of amides is 1. The summed E-state index contributed by atoms with van der Waals surface area (Å²) in [6.07, 6.45) is 1.57. The van der Waals surface area contributed by atoms with Gasteiger partial charge in [-0.3, -0.25) is 4.79 Å². The number of sulfonamides is 1. The summed E-state index contributed by atoms with van der Waals surface area (Å²) >= 11 is 0. The number of anilines is 1. The van der Waals surface area contributed by atoms with Gasteiger partial charge in [-0.25, -0.2) is 8.42 Å². The smallest absolute Gasteiger partial charge is 0.239 e. The predicted octanol–water partition coefficient (Wildman–Crippen LogP) is 0.940. The van der Waals surface area contributed by atoms with Gasteiger partial charge in [0, 0.05) is 26.3 Å². The molecule has 1 rings (SSSR count). The highest BCUT2D eigenvalue weighted by Crippen LogP contribution is 2.28. The number of hydrogen-bond acceptors (Lipinski definition) is 6. The van der Waals surface area contributed by atoms with Gasteiger partial charge in [0.05, 0.1) is 32.7 Å². The average molecular weight is 360 g/mol. The number of rotatable bonds is 10. The molecule has 0 aromatic heterocycles. The van der Waals surface area contributed by atoms with E-state index in [9.17, 15) is 13.2 Å². The second kappa shape index (κ2) is 9.45. The minimum absolute atomic E-state index is 0.208. The molecular formula is C15H24N2O6S. The highest BCUT2D eigenvalue weighted by Gasteiger charge is 2.20. The highest BCUT2D eigenvalue weighted by atomic mass is 32.2. The molecule has 0 atom stereocenters. The van der Waals surface area contributed by atoms with Crippen LogP contribution in [0, 0.1) is 0 Å². The van der Waals surface area contributed by atoms with Crippen molar-refractivity contribution in [2.75, 3.05) is 52.6 Å². The highest BCUT2D eigenvalue weighted by molar-refractivity contribution is 7.88. The van der Waals surface area contributed by atoms with Gasteiger partial charge in [0.1, 0.15) is 11.5 Å². The Bertz CT molecular complexity index is 647. The minimum atomic E-state index is -3.49. The summed E-state index contributed by atoms with van der Waals surface area (Å²) in [4.78, 5) is 12.2. The van der Waals surface area contributed by atoms with Crippen LogP contribution in [0.15, 0.2) is 18.2 Å². The van der Waals surface area contributed by atoms with Crippen LogP contribution in [-0.4, -0.2) is 65.9 Å². The lowest BCUT2D eigenvalue weighted by Crippen LogP contribution is -2.38. The lowest BCUT2D eigenvalue weighted by atomic mass is 10.2. The van der Waals surface area contributed by atoms with Gasteiger partial charge in [-0.15, -0.1) is 0 Å². The van der Waals surface area contributed by atoms with E-state index >= 15 is 0 Å². The zero-order valence-corrected chi connectivity index (χ0v) is 15.2. The number of ether oxygens (including phenoxy) is 3. The first-order valence-electron chi connectivity index (χ1n) is 7.27. The van der Waals surface area contributed by atoms with Crippen molar-refractivity contribution in [3.8, 4) is 11.5 Å². The standard InChI is InChI=1S/C15H24N2O6S/c1-21-9-5-8-17(24(4,19)20)11-15(18)16-13-7-6-12(22-2)10-14(13)23-3/h6-7,10H,5,8-9,11H2,1-4H3,(H,16,18). The fourth-order valence-corrected chi connectivity index (χ4v) is 2.81. The fraction of sp³-hybridized carbons (Fsp3) is 0.533. The van der Waals surface area contributed by atoms with Crippen molar-refractivity contribution in [1.82, 2.24) is 4.31 Å². The first-order valence-corrected chi connectivity index (χ1v) is 9.12. The molecule has 24 heavy (non-hydrogen) atoms. The monoisotopic (exact) mass is 360 g/mol. The van der Waals surface area contributed by atoms with Crippen molar-refractivity contribution < 1.29 is 27.4 Å². The van der Waals surface area contributed by atoms with E-state index in [0.717, 1.165) is 10.6 Å². The largest absolute Gasteiger partial charge is 0.497 e. The predicted molar refractivity (Wildman–Crippen MR) is 91.1 cm³/mol. The molecule has 0 aliphatic carbocycles. The Kier molecular flexibility index (Phi) is 7.96. The van der Waals surface area contributed by atoms with E-state index in [1.54, 1.807) is 18.2 Å². The van der Waals surface area contributed by atoms with Crippen LogP contribution >= 0.6 is 0 Å². The Morgan fingerprint density at radius 1 is 1.21 bits per heavy atom. The summed E-state index contributed by atoms with van der Waals surface area (Å²) in [5.74, 6) is 0.552. The van der Waals surface area contributed by atoms with Crippen molar-refractivity contribution in [3.05, 3.63) is 18.2 Å². The maximum atomic E-state index is 12.2. The first kappa shape index (κ1) is 20.2. The van der Waals surface area contributed by atoms with Gasteiger partial charge in [-0.1, -0.05) is 0 Å². The molecule has 0 heterocycles. The van der Waals surface area contributed by atoms with Crippen LogP contribution in [0.4, 0.5) is 5.69 Å². The molecule has 0 saturated carbocycles. The fourth-order valence-electron chi connectivity index (χ4n) is 2.00. The number of methoxy groups -OCH3 is 3. The van der Waals surface area contributed by atoms with Crippen LogP contribution in [0.2, 0.25) is 0 Å². The van der Waals surface area contributed by atoms with Gasteiger partial charge in [-0.05, 0) is 18.6 Å². The second-order valence-electron chi connectivity index (χ2n) is 5.06. The number of carbonyl (C=O) groups excluding carboxylic acids is 1. The van der Waals surface area contributed by atoms with Crippen molar-refractivity contribution in [1.29, 1.82) is 0 Å². The normalized spacial score (nSPS) is 11.4. The number of carbonyl (C=O) groups is 1. The molecule has 0 saturated heterocycles. The van der Waals surface area contributed by atoms with Crippen LogP contribution in [0.5, 0.6) is 11.5 Å². The minimum Gasteiger partial charge on any atom is -0.497 e. The van der Waals surface area contributed by atoms with Gasteiger partial charge in [0.15, 0.2) is 0 Å². The molecule has 1 aromatic carbocycles. The maximum absolute atomic E-state index is 12.2. The topological polar surface area (TPSA) is 94.2 Å². The molecule has 0 fully saturated rings.